The topological polar surface area (TPSA) is 52.6 Å². The summed E-state index contributed by atoms with van der Waals surface area (Å²) < 4.78 is 0. The maximum Gasteiger partial charge on any atom is 0.243 e. The van der Waals surface area contributed by atoms with Crippen LogP contribution < -0.4 is 5.32 Å². The van der Waals surface area contributed by atoms with Crippen molar-refractivity contribution in [1.29, 1.82) is 0 Å². The van der Waals surface area contributed by atoms with Crippen molar-refractivity contribution in [3.8, 4) is 0 Å². The van der Waals surface area contributed by atoms with E-state index in [0.29, 0.717) is 12.5 Å². The van der Waals surface area contributed by atoms with Crippen molar-refractivity contribution in [2.24, 2.45) is 5.92 Å². The standard InChI is InChI=1S/C13H24N2O2/c1-11(2)8-13(17)14-5-7-15-6-3-4-12(9-15)10-16/h8,12,16H,3-7,9-10H2,1-2H3,(H,14,17). The van der Waals surface area contributed by atoms with Gasteiger partial charge in [-0.1, -0.05) is 5.57 Å². The van der Waals surface area contributed by atoms with Crippen LogP contribution in [0.25, 0.3) is 0 Å². The smallest absolute Gasteiger partial charge is 0.243 e. The maximum absolute atomic E-state index is 11.4. The Morgan fingerprint density at radius 1 is 1.53 bits per heavy atom. The van der Waals surface area contributed by atoms with Crippen molar-refractivity contribution in [3.05, 3.63) is 11.6 Å². The summed E-state index contributed by atoms with van der Waals surface area (Å²) in [5, 5.41) is 12.0. The Labute approximate surface area is 104 Å². The van der Waals surface area contributed by atoms with Gasteiger partial charge in [0.1, 0.15) is 0 Å². The highest BCUT2D eigenvalue weighted by atomic mass is 16.3. The molecule has 0 spiro atoms. The highest BCUT2D eigenvalue weighted by molar-refractivity contribution is 5.87. The molecule has 0 aromatic rings. The SMILES string of the molecule is CC(C)=CC(=O)NCCN1CCCC(CO)C1. The molecule has 0 aromatic heterocycles. The second-order valence-electron chi connectivity index (χ2n) is 5.00. The van der Waals surface area contributed by atoms with Crippen molar-refractivity contribution < 1.29 is 9.90 Å². The molecule has 1 unspecified atom stereocenters. The highest BCUT2D eigenvalue weighted by Crippen LogP contribution is 2.14. The Balaban J connectivity index is 2.18. The minimum atomic E-state index is -0.0132. The molecule has 0 bridgehead atoms. The first-order chi connectivity index (χ1) is 8.11. The molecule has 4 nitrogen and oxygen atoms in total. The van der Waals surface area contributed by atoms with E-state index in [1.165, 1.54) is 0 Å². The number of carbonyl (C=O) groups excluding carboxylic acids is 1. The lowest BCUT2D eigenvalue weighted by molar-refractivity contribution is -0.116. The average Bonchev–Trinajstić information content (AvgIpc) is 2.28. The van der Waals surface area contributed by atoms with E-state index < -0.39 is 0 Å². The van der Waals surface area contributed by atoms with Crippen LogP contribution in [0, 0.1) is 5.92 Å². The molecule has 0 saturated carbocycles. The molecule has 0 radical (unpaired) electrons. The van der Waals surface area contributed by atoms with E-state index in [9.17, 15) is 4.79 Å². The van der Waals surface area contributed by atoms with Crippen LogP contribution in [0.1, 0.15) is 26.7 Å². The van der Waals surface area contributed by atoms with E-state index in [4.69, 9.17) is 5.11 Å². The van der Waals surface area contributed by atoms with Crippen LogP contribution in [-0.2, 0) is 4.79 Å². The number of likely N-dealkylation sites (tertiary alicyclic amines) is 1. The van der Waals surface area contributed by atoms with Crippen LogP contribution in [-0.4, -0.2) is 48.7 Å². The molecule has 0 aromatic carbocycles. The van der Waals surface area contributed by atoms with Crippen LogP contribution in [0.4, 0.5) is 0 Å². The molecule has 2 N–H and O–H groups in total. The predicted octanol–water partition coefficient (Wildman–Crippen LogP) is 0.773. The summed E-state index contributed by atoms with van der Waals surface area (Å²) in [6.07, 6.45) is 3.89. The highest BCUT2D eigenvalue weighted by Gasteiger charge is 2.18. The van der Waals surface area contributed by atoms with E-state index in [1.54, 1.807) is 6.08 Å². The molecule has 1 heterocycles. The molecule has 98 valence electrons. The number of allylic oxidation sites excluding steroid dienone is 1. The monoisotopic (exact) mass is 240 g/mol. The Bertz CT molecular complexity index is 273. The summed E-state index contributed by atoms with van der Waals surface area (Å²) in [7, 11) is 0. The fourth-order valence-electron chi connectivity index (χ4n) is 2.15. The van der Waals surface area contributed by atoms with Gasteiger partial charge in [0.05, 0.1) is 0 Å². The number of hydrogen-bond acceptors (Lipinski definition) is 3. The first-order valence-electron chi connectivity index (χ1n) is 6.37. The fourth-order valence-corrected chi connectivity index (χ4v) is 2.15. The Morgan fingerprint density at radius 3 is 2.94 bits per heavy atom. The van der Waals surface area contributed by atoms with Crippen molar-refractivity contribution in [2.45, 2.75) is 26.7 Å². The minimum absolute atomic E-state index is 0.0132. The average molecular weight is 240 g/mol. The van der Waals surface area contributed by atoms with E-state index in [2.05, 4.69) is 10.2 Å². The summed E-state index contributed by atoms with van der Waals surface area (Å²) in [6, 6.07) is 0. The van der Waals surface area contributed by atoms with Crippen molar-refractivity contribution in [1.82, 2.24) is 10.2 Å². The van der Waals surface area contributed by atoms with E-state index in [1.807, 2.05) is 13.8 Å². The zero-order valence-electron chi connectivity index (χ0n) is 10.9. The number of amides is 1. The third kappa shape index (κ3) is 5.84. The van der Waals surface area contributed by atoms with E-state index in [-0.39, 0.29) is 12.5 Å². The van der Waals surface area contributed by atoms with Crippen LogP contribution in [0.3, 0.4) is 0 Å². The number of rotatable bonds is 5. The molecular weight excluding hydrogens is 216 g/mol. The van der Waals surface area contributed by atoms with E-state index in [0.717, 1.165) is 38.0 Å². The lowest BCUT2D eigenvalue weighted by Crippen LogP contribution is -2.41. The summed E-state index contributed by atoms with van der Waals surface area (Å²) >= 11 is 0. The molecule has 0 aliphatic carbocycles. The van der Waals surface area contributed by atoms with Gasteiger partial charge in [0.25, 0.3) is 0 Å². The third-order valence-corrected chi connectivity index (χ3v) is 3.01. The molecule has 17 heavy (non-hydrogen) atoms. The van der Waals surface area contributed by atoms with Gasteiger partial charge in [-0.2, -0.15) is 0 Å². The van der Waals surface area contributed by atoms with Crippen molar-refractivity contribution in [2.75, 3.05) is 32.8 Å². The van der Waals surface area contributed by atoms with Gasteiger partial charge >= 0.3 is 0 Å². The Kier molecular flexibility index (Phi) is 6.22. The number of hydrogen-bond donors (Lipinski definition) is 2. The molecule has 1 saturated heterocycles. The molecule has 1 rings (SSSR count). The van der Waals surface area contributed by atoms with Gasteiger partial charge in [-0.15, -0.1) is 0 Å². The summed E-state index contributed by atoms with van der Waals surface area (Å²) in [5.74, 6) is 0.401. The lowest BCUT2D eigenvalue weighted by atomic mass is 9.99. The molecule has 1 atom stereocenters. The van der Waals surface area contributed by atoms with Gasteiger partial charge in [0.15, 0.2) is 0 Å². The number of piperidine rings is 1. The van der Waals surface area contributed by atoms with Gasteiger partial charge in [-0.05, 0) is 39.2 Å². The number of aliphatic hydroxyl groups is 1. The summed E-state index contributed by atoms with van der Waals surface area (Å²) in [4.78, 5) is 13.7. The first-order valence-corrected chi connectivity index (χ1v) is 6.37. The Hall–Kier alpha value is -0.870. The molecule has 4 heteroatoms. The van der Waals surface area contributed by atoms with Gasteiger partial charge in [-0.3, -0.25) is 4.79 Å². The van der Waals surface area contributed by atoms with Gasteiger partial charge in [0, 0.05) is 32.3 Å². The largest absolute Gasteiger partial charge is 0.396 e. The van der Waals surface area contributed by atoms with Crippen LogP contribution in [0.2, 0.25) is 0 Å². The third-order valence-electron chi connectivity index (χ3n) is 3.01. The normalized spacial score (nSPS) is 21.0. The van der Waals surface area contributed by atoms with Gasteiger partial charge in [-0.25, -0.2) is 0 Å². The first kappa shape index (κ1) is 14.2. The fraction of sp³-hybridized carbons (Fsp3) is 0.769. The summed E-state index contributed by atoms with van der Waals surface area (Å²) in [5.41, 5.74) is 1.01. The van der Waals surface area contributed by atoms with Crippen LogP contribution in [0.5, 0.6) is 0 Å². The molecule has 1 aliphatic heterocycles. The molecule has 1 fully saturated rings. The zero-order valence-corrected chi connectivity index (χ0v) is 10.9. The van der Waals surface area contributed by atoms with Crippen LogP contribution in [0.15, 0.2) is 11.6 Å². The van der Waals surface area contributed by atoms with Gasteiger partial charge < -0.3 is 15.3 Å². The lowest BCUT2D eigenvalue weighted by Gasteiger charge is -2.31. The van der Waals surface area contributed by atoms with Gasteiger partial charge in [0.2, 0.25) is 5.91 Å². The van der Waals surface area contributed by atoms with Crippen molar-refractivity contribution >= 4 is 5.91 Å². The number of nitrogens with zero attached hydrogens (tertiary/aromatic N) is 1. The van der Waals surface area contributed by atoms with Crippen LogP contribution >= 0.6 is 0 Å². The van der Waals surface area contributed by atoms with Crippen molar-refractivity contribution in [3.63, 3.8) is 0 Å². The minimum Gasteiger partial charge on any atom is -0.396 e. The molecule has 1 amide bonds. The summed E-state index contributed by atoms with van der Waals surface area (Å²) in [6.45, 7) is 7.69. The second-order valence-corrected chi connectivity index (χ2v) is 5.00. The quantitative estimate of drug-likeness (QED) is 0.698. The number of aliphatic hydroxyl groups excluding tert-OH is 1. The predicted molar refractivity (Wildman–Crippen MR) is 68.7 cm³/mol. The Morgan fingerprint density at radius 2 is 2.29 bits per heavy atom. The molecule has 1 aliphatic rings. The zero-order chi connectivity index (χ0) is 12.7. The number of carbonyl (C=O) groups is 1. The number of nitrogens with one attached hydrogen (secondary N) is 1. The molecular formula is C13H24N2O2. The maximum atomic E-state index is 11.4. The second kappa shape index (κ2) is 7.45. The van der Waals surface area contributed by atoms with E-state index >= 15 is 0 Å².